The van der Waals surface area contributed by atoms with Crippen molar-refractivity contribution >= 4 is 11.6 Å². The summed E-state index contributed by atoms with van der Waals surface area (Å²) in [4.78, 5) is 25.1. The monoisotopic (exact) mass is 720 g/mol. The number of carbonyl (C=O) groups is 2. The molecule has 0 saturated heterocycles. The van der Waals surface area contributed by atoms with E-state index in [0.717, 1.165) is 32.2 Å². The Morgan fingerprint density at radius 3 is 1.22 bits per heavy atom. The maximum Gasteiger partial charge on any atom is 0.189 e. The molecule has 303 valence electrons. The molecule has 0 aliphatic rings. The molecule has 0 spiro atoms. The van der Waals surface area contributed by atoms with Crippen LogP contribution in [0, 0.1) is 17.9 Å². The van der Waals surface area contributed by atoms with E-state index in [0.29, 0.717) is 28.1 Å². The summed E-state index contributed by atoms with van der Waals surface area (Å²) in [6.07, 6.45) is 40.7. The Morgan fingerprint density at radius 2 is 0.863 bits per heavy atom. The number of carbonyl (C=O) groups excluding carboxylic acids is 2. The van der Waals surface area contributed by atoms with Crippen molar-refractivity contribution in [3.8, 4) is 0 Å². The second-order valence-corrected chi connectivity index (χ2v) is 17.5. The van der Waals surface area contributed by atoms with Crippen molar-refractivity contribution in [3.05, 3.63) is 6.61 Å². The summed E-state index contributed by atoms with van der Waals surface area (Å²) in [6, 6.07) is 0.0246. The number of unbranched alkanes of at least 4 members (excludes halogenated alkanes) is 21. The predicted octanol–water partition coefficient (Wildman–Crippen LogP) is 14.6. The van der Waals surface area contributed by atoms with Gasteiger partial charge in [-0.25, -0.2) is 0 Å². The molecule has 4 heteroatoms. The highest BCUT2D eigenvalue weighted by Crippen LogP contribution is 2.42. The third kappa shape index (κ3) is 28.4. The SMILES string of the molecule is C[CH]OCC[N+](C)(C)C(C)C(=O)CCCCCCCC(CCCCCCCCC)(CCCCCCCCCC)CCCCCCCC(=O)C(C)C. The molecular weight excluding hydrogens is 627 g/mol. The summed E-state index contributed by atoms with van der Waals surface area (Å²) in [7, 11) is 4.31. The quantitative estimate of drug-likeness (QED) is 0.0468. The minimum atomic E-state index is 0.0246. The molecule has 0 aromatic rings. The molecule has 2 unspecified atom stereocenters. The molecule has 0 bridgehead atoms. The third-order valence-corrected chi connectivity index (χ3v) is 12.2. The van der Waals surface area contributed by atoms with E-state index < -0.39 is 0 Å². The van der Waals surface area contributed by atoms with Gasteiger partial charge in [0, 0.05) is 18.8 Å². The van der Waals surface area contributed by atoms with Crippen LogP contribution in [-0.2, 0) is 14.3 Å². The minimum Gasteiger partial charge on any atom is -0.370 e. The van der Waals surface area contributed by atoms with Crippen LogP contribution in [0.1, 0.15) is 241 Å². The van der Waals surface area contributed by atoms with Crippen molar-refractivity contribution in [1.82, 2.24) is 0 Å². The van der Waals surface area contributed by atoms with Crippen LogP contribution in [-0.4, -0.2) is 49.3 Å². The highest BCUT2D eigenvalue weighted by molar-refractivity contribution is 5.82. The number of likely N-dealkylation sites (N-methyl/N-ethyl adjacent to an activating group) is 1. The van der Waals surface area contributed by atoms with E-state index in [1.54, 1.807) is 6.61 Å². The van der Waals surface area contributed by atoms with E-state index in [-0.39, 0.29) is 12.0 Å². The molecule has 1 radical (unpaired) electrons. The molecule has 2 atom stereocenters. The minimum absolute atomic E-state index is 0.0246. The van der Waals surface area contributed by atoms with Gasteiger partial charge in [-0.2, -0.15) is 0 Å². The second kappa shape index (κ2) is 33.8. The van der Waals surface area contributed by atoms with Crippen molar-refractivity contribution in [2.24, 2.45) is 11.3 Å². The van der Waals surface area contributed by atoms with Gasteiger partial charge in [-0.15, -0.1) is 0 Å². The van der Waals surface area contributed by atoms with E-state index in [1.807, 2.05) is 20.8 Å². The van der Waals surface area contributed by atoms with Crippen molar-refractivity contribution in [2.45, 2.75) is 247 Å². The lowest BCUT2D eigenvalue weighted by atomic mass is 9.70. The van der Waals surface area contributed by atoms with Gasteiger partial charge >= 0.3 is 0 Å². The Labute approximate surface area is 321 Å². The van der Waals surface area contributed by atoms with Crippen LogP contribution < -0.4 is 0 Å². The molecular formula is C47H93NO3+. The van der Waals surface area contributed by atoms with Crippen LogP contribution in [0.4, 0.5) is 0 Å². The van der Waals surface area contributed by atoms with Gasteiger partial charge in [-0.3, -0.25) is 9.59 Å². The first-order valence-electron chi connectivity index (χ1n) is 22.8. The van der Waals surface area contributed by atoms with Gasteiger partial charge in [0.25, 0.3) is 0 Å². The number of ketones is 2. The fraction of sp³-hybridized carbons (Fsp3) is 0.936. The lowest BCUT2D eigenvalue weighted by Crippen LogP contribution is -2.52. The predicted molar refractivity (Wildman–Crippen MR) is 224 cm³/mol. The van der Waals surface area contributed by atoms with Gasteiger partial charge in [-0.05, 0) is 57.8 Å². The molecule has 0 heterocycles. The van der Waals surface area contributed by atoms with Gasteiger partial charge in [-0.1, -0.05) is 175 Å². The maximum absolute atomic E-state index is 13.0. The van der Waals surface area contributed by atoms with Gasteiger partial charge in [0.05, 0.1) is 27.3 Å². The zero-order valence-corrected chi connectivity index (χ0v) is 36.2. The third-order valence-electron chi connectivity index (χ3n) is 12.2. The van der Waals surface area contributed by atoms with Crippen molar-refractivity contribution < 1.29 is 18.8 Å². The molecule has 0 fully saturated rings. The molecule has 0 aromatic heterocycles. The normalized spacial score (nSPS) is 13.9. The van der Waals surface area contributed by atoms with E-state index >= 15 is 0 Å². The van der Waals surface area contributed by atoms with Gasteiger partial charge in [0.15, 0.2) is 5.78 Å². The fourth-order valence-electron chi connectivity index (χ4n) is 7.99. The summed E-state index contributed by atoms with van der Waals surface area (Å²) >= 11 is 0. The Balaban J connectivity index is 5.09. The first-order chi connectivity index (χ1) is 24.5. The average molecular weight is 720 g/mol. The first-order valence-corrected chi connectivity index (χ1v) is 22.8. The average Bonchev–Trinajstić information content (AvgIpc) is 3.10. The first kappa shape index (κ1) is 50.3. The van der Waals surface area contributed by atoms with Crippen LogP contribution in [0.2, 0.25) is 0 Å². The summed E-state index contributed by atoms with van der Waals surface area (Å²) in [5.74, 6) is 1.03. The topological polar surface area (TPSA) is 43.4 Å². The van der Waals surface area contributed by atoms with E-state index in [1.165, 1.54) is 173 Å². The van der Waals surface area contributed by atoms with E-state index in [4.69, 9.17) is 4.74 Å². The van der Waals surface area contributed by atoms with Gasteiger partial charge in [0.1, 0.15) is 18.4 Å². The molecule has 0 saturated carbocycles. The summed E-state index contributed by atoms with van der Waals surface area (Å²) < 4.78 is 6.14. The van der Waals surface area contributed by atoms with Crippen molar-refractivity contribution in [3.63, 3.8) is 0 Å². The number of nitrogens with zero attached hydrogens (tertiary/aromatic N) is 1. The Kier molecular flexibility index (Phi) is 33.3. The molecule has 0 rings (SSSR count). The van der Waals surface area contributed by atoms with Crippen molar-refractivity contribution in [1.29, 1.82) is 0 Å². The lowest BCUT2D eigenvalue weighted by molar-refractivity contribution is -0.904. The lowest BCUT2D eigenvalue weighted by Gasteiger charge is -2.35. The summed E-state index contributed by atoms with van der Waals surface area (Å²) in [5.41, 5.74) is 0.521. The number of quaternary nitrogens is 1. The van der Waals surface area contributed by atoms with Crippen LogP contribution in [0.3, 0.4) is 0 Å². The fourth-order valence-corrected chi connectivity index (χ4v) is 7.99. The van der Waals surface area contributed by atoms with Crippen LogP contribution >= 0.6 is 0 Å². The highest BCUT2D eigenvalue weighted by atomic mass is 16.5. The summed E-state index contributed by atoms with van der Waals surface area (Å²) in [6.45, 7) is 16.0. The van der Waals surface area contributed by atoms with Crippen LogP contribution in [0.5, 0.6) is 0 Å². The molecule has 0 aromatic carbocycles. The van der Waals surface area contributed by atoms with Gasteiger partial charge in [0.2, 0.25) is 0 Å². The highest BCUT2D eigenvalue weighted by Gasteiger charge is 2.30. The zero-order chi connectivity index (χ0) is 38.1. The summed E-state index contributed by atoms with van der Waals surface area (Å²) in [5, 5.41) is 0. The van der Waals surface area contributed by atoms with Gasteiger partial charge < -0.3 is 9.22 Å². The standard InChI is InChI=1S/C47H93NO3/c1-9-12-14-16-18-20-26-32-38-47(37-31-25-19-17-15-13-10-2,39-33-27-21-23-29-35-45(49)43(4)5)40-34-28-22-24-30-36-46(50)44(6)48(7,8)41-42-51-11-3/h11,43-44H,9-10,12-42H2,1-8H3/q+1. The molecule has 0 aliphatic carbocycles. The zero-order valence-electron chi connectivity index (χ0n) is 36.2. The Bertz CT molecular complexity index is 792. The van der Waals surface area contributed by atoms with Crippen molar-refractivity contribution in [2.75, 3.05) is 27.2 Å². The van der Waals surface area contributed by atoms with E-state index in [9.17, 15) is 9.59 Å². The molecule has 4 nitrogen and oxygen atoms in total. The maximum atomic E-state index is 13.0. The Morgan fingerprint density at radius 1 is 0.529 bits per heavy atom. The molecule has 51 heavy (non-hydrogen) atoms. The van der Waals surface area contributed by atoms with E-state index in [2.05, 4.69) is 34.9 Å². The molecule has 0 amide bonds. The second-order valence-electron chi connectivity index (χ2n) is 17.5. The molecule has 0 aliphatic heterocycles. The number of hydrogen-bond donors (Lipinski definition) is 0. The number of Topliss-reactive ketones (excluding diaryl/α,β-unsaturated/α-hetero) is 2. The largest absolute Gasteiger partial charge is 0.370 e. The number of ether oxygens (including phenoxy) is 1. The van der Waals surface area contributed by atoms with Crippen LogP contribution in [0.15, 0.2) is 0 Å². The Hall–Kier alpha value is -0.740. The number of rotatable bonds is 40. The molecule has 0 N–H and O–H groups in total. The number of hydrogen-bond acceptors (Lipinski definition) is 3. The van der Waals surface area contributed by atoms with Crippen LogP contribution in [0.25, 0.3) is 0 Å². The smallest absolute Gasteiger partial charge is 0.189 e.